The van der Waals surface area contributed by atoms with Gasteiger partial charge in [0.15, 0.2) is 0 Å². The minimum Gasteiger partial charge on any atom is -0.342 e. The number of nitrogens with two attached hydrogens (primary N) is 1. The molecule has 1 saturated heterocycles. The maximum absolute atomic E-state index is 12.2. The Labute approximate surface area is 139 Å². The third-order valence-electron chi connectivity index (χ3n) is 3.88. The molecule has 0 radical (unpaired) electrons. The molecule has 120 valence electrons. The van der Waals surface area contributed by atoms with E-state index < -0.39 is 0 Å². The van der Waals surface area contributed by atoms with Crippen molar-refractivity contribution in [1.29, 1.82) is 0 Å². The molecule has 2 N–H and O–H groups in total. The molecular formula is C15H25Cl2N3O. The van der Waals surface area contributed by atoms with Crippen LogP contribution in [0.3, 0.4) is 0 Å². The lowest BCUT2D eigenvalue weighted by atomic mass is 9.92. The number of nitrogens with zero attached hydrogens (tertiary/aromatic N) is 2. The van der Waals surface area contributed by atoms with Crippen molar-refractivity contribution in [3.63, 3.8) is 0 Å². The number of likely N-dealkylation sites (tertiary alicyclic amines) is 1. The minimum absolute atomic E-state index is 0. The lowest BCUT2D eigenvalue weighted by molar-refractivity contribution is -0.133. The molecule has 1 aliphatic heterocycles. The third kappa shape index (κ3) is 6.20. The number of carbonyl (C=O) groups is 1. The lowest BCUT2D eigenvalue weighted by Crippen LogP contribution is -2.45. The molecule has 1 aromatic rings. The molecule has 0 spiro atoms. The fourth-order valence-electron chi connectivity index (χ4n) is 2.60. The summed E-state index contributed by atoms with van der Waals surface area (Å²) in [4.78, 5) is 18.4. The molecule has 4 nitrogen and oxygen atoms in total. The average Bonchev–Trinajstić information content (AvgIpc) is 2.46. The van der Waals surface area contributed by atoms with Gasteiger partial charge in [0.05, 0.1) is 0 Å². The number of piperidine rings is 1. The van der Waals surface area contributed by atoms with E-state index in [0.29, 0.717) is 12.3 Å². The van der Waals surface area contributed by atoms with E-state index >= 15 is 0 Å². The van der Waals surface area contributed by atoms with Crippen LogP contribution in [0.25, 0.3) is 0 Å². The first-order chi connectivity index (χ1) is 9.16. The van der Waals surface area contributed by atoms with Crippen LogP contribution in [0.1, 0.15) is 31.9 Å². The van der Waals surface area contributed by atoms with Crippen LogP contribution in [0.15, 0.2) is 24.4 Å². The van der Waals surface area contributed by atoms with Gasteiger partial charge in [0.25, 0.3) is 0 Å². The Bertz CT molecular complexity index is 415. The van der Waals surface area contributed by atoms with Crippen molar-refractivity contribution in [3.05, 3.63) is 30.1 Å². The summed E-state index contributed by atoms with van der Waals surface area (Å²) in [6.07, 6.45) is 5.25. The van der Waals surface area contributed by atoms with E-state index in [9.17, 15) is 4.79 Å². The monoisotopic (exact) mass is 333 g/mol. The summed E-state index contributed by atoms with van der Waals surface area (Å²) in [7, 11) is 0. The zero-order chi connectivity index (χ0) is 13.7. The van der Waals surface area contributed by atoms with E-state index in [0.717, 1.165) is 38.0 Å². The Hall–Kier alpha value is -0.840. The Morgan fingerprint density at radius 3 is 2.86 bits per heavy atom. The summed E-state index contributed by atoms with van der Waals surface area (Å²) in [5.74, 6) is 0.684. The number of rotatable bonds is 4. The van der Waals surface area contributed by atoms with Crippen molar-refractivity contribution in [3.8, 4) is 0 Å². The predicted octanol–water partition coefficient (Wildman–Crippen LogP) is 2.44. The van der Waals surface area contributed by atoms with Gasteiger partial charge in [-0.15, -0.1) is 24.8 Å². The Morgan fingerprint density at radius 2 is 2.24 bits per heavy atom. The first kappa shape index (κ1) is 20.2. The number of amides is 1. The fraction of sp³-hybridized carbons (Fsp3) is 0.600. The fourth-order valence-corrected chi connectivity index (χ4v) is 2.60. The van der Waals surface area contributed by atoms with Crippen LogP contribution in [0, 0.1) is 5.92 Å². The number of hydrogen-bond acceptors (Lipinski definition) is 3. The number of hydrogen-bond donors (Lipinski definition) is 1. The molecule has 0 saturated carbocycles. The SMILES string of the molecule is CC(N)C1CCCN(C(=O)CCc2ccccn2)C1.Cl.Cl. The van der Waals surface area contributed by atoms with Gasteiger partial charge in [0, 0.05) is 37.4 Å². The van der Waals surface area contributed by atoms with Gasteiger partial charge in [0.1, 0.15) is 0 Å². The number of pyridine rings is 1. The van der Waals surface area contributed by atoms with E-state index in [1.807, 2.05) is 30.0 Å². The molecule has 2 rings (SSSR count). The van der Waals surface area contributed by atoms with Crippen LogP contribution in [-0.2, 0) is 11.2 Å². The Morgan fingerprint density at radius 1 is 1.48 bits per heavy atom. The highest BCUT2D eigenvalue weighted by atomic mass is 35.5. The molecule has 1 aromatic heterocycles. The van der Waals surface area contributed by atoms with Gasteiger partial charge in [-0.3, -0.25) is 9.78 Å². The summed E-state index contributed by atoms with van der Waals surface area (Å²) >= 11 is 0. The second-order valence-corrected chi connectivity index (χ2v) is 5.42. The van der Waals surface area contributed by atoms with E-state index in [1.165, 1.54) is 0 Å². The van der Waals surface area contributed by atoms with E-state index in [-0.39, 0.29) is 36.8 Å². The van der Waals surface area contributed by atoms with Gasteiger partial charge < -0.3 is 10.6 Å². The molecular weight excluding hydrogens is 309 g/mol. The standard InChI is InChI=1S/C15H23N3O.2ClH/c1-12(16)13-5-4-10-18(11-13)15(19)8-7-14-6-2-3-9-17-14;;/h2-3,6,9,12-13H,4-5,7-8,10-11,16H2,1H3;2*1H. The number of aromatic nitrogens is 1. The van der Waals surface area contributed by atoms with Crippen LogP contribution in [0.5, 0.6) is 0 Å². The lowest BCUT2D eigenvalue weighted by Gasteiger charge is -2.34. The molecule has 2 heterocycles. The van der Waals surface area contributed by atoms with Crippen LogP contribution in [0.4, 0.5) is 0 Å². The van der Waals surface area contributed by atoms with Gasteiger partial charge in [0.2, 0.25) is 5.91 Å². The third-order valence-corrected chi connectivity index (χ3v) is 3.88. The number of aryl methyl sites for hydroxylation is 1. The predicted molar refractivity (Wildman–Crippen MR) is 90.0 cm³/mol. The van der Waals surface area contributed by atoms with Crippen molar-refractivity contribution < 1.29 is 4.79 Å². The van der Waals surface area contributed by atoms with Crippen molar-refractivity contribution in [2.45, 2.75) is 38.6 Å². The molecule has 21 heavy (non-hydrogen) atoms. The van der Waals surface area contributed by atoms with Crippen molar-refractivity contribution in [1.82, 2.24) is 9.88 Å². The van der Waals surface area contributed by atoms with Gasteiger partial charge in [-0.1, -0.05) is 6.07 Å². The van der Waals surface area contributed by atoms with Crippen LogP contribution >= 0.6 is 24.8 Å². The van der Waals surface area contributed by atoms with Crippen molar-refractivity contribution in [2.24, 2.45) is 11.7 Å². The van der Waals surface area contributed by atoms with Gasteiger partial charge in [-0.25, -0.2) is 0 Å². The normalized spacial score (nSPS) is 19.1. The highest BCUT2D eigenvalue weighted by Crippen LogP contribution is 2.19. The Kier molecular flexibility index (Phi) is 9.58. The molecule has 1 fully saturated rings. The molecule has 1 aliphatic rings. The van der Waals surface area contributed by atoms with Crippen molar-refractivity contribution in [2.75, 3.05) is 13.1 Å². The zero-order valence-electron chi connectivity index (χ0n) is 12.4. The van der Waals surface area contributed by atoms with Gasteiger partial charge in [-0.2, -0.15) is 0 Å². The molecule has 0 aromatic carbocycles. The molecule has 0 bridgehead atoms. The highest BCUT2D eigenvalue weighted by molar-refractivity contribution is 5.85. The number of carbonyl (C=O) groups excluding carboxylic acids is 1. The molecule has 1 amide bonds. The summed E-state index contributed by atoms with van der Waals surface area (Å²) in [5, 5.41) is 0. The quantitative estimate of drug-likeness (QED) is 0.920. The van der Waals surface area contributed by atoms with E-state index in [4.69, 9.17) is 5.73 Å². The summed E-state index contributed by atoms with van der Waals surface area (Å²) < 4.78 is 0. The maximum Gasteiger partial charge on any atom is 0.222 e. The zero-order valence-corrected chi connectivity index (χ0v) is 14.0. The summed E-state index contributed by atoms with van der Waals surface area (Å²) in [6.45, 7) is 3.73. The molecule has 2 unspecified atom stereocenters. The van der Waals surface area contributed by atoms with Crippen LogP contribution in [-0.4, -0.2) is 34.9 Å². The largest absolute Gasteiger partial charge is 0.342 e. The number of halogens is 2. The minimum atomic E-state index is 0. The Balaban J connectivity index is 0.00000200. The molecule has 2 atom stereocenters. The topological polar surface area (TPSA) is 59.2 Å². The van der Waals surface area contributed by atoms with Crippen molar-refractivity contribution >= 4 is 30.7 Å². The summed E-state index contributed by atoms with van der Waals surface area (Å²) in [6, 6.07) is 5.99. The first-order valence-corrected chi connectivity index (χ1v) is 7.10. The first-order valence-electron chi connectivity index (χ1n) is 7.10. The van der Waals surface area contributed by atoms with Gasteiger partial charge in [-0.05, 0) is 44.2 Å². The molecule has 0 aliphatic carbocycles. The molecule has 6 heteroatoms. The second kappa shape index (κ2) is 9.98. The highest BCUT2D eigenvalue weighted by Gasteiger charge is 2.25. The summed E-state index contributed by atoms with van der Waals surface area (Å²) in [5.41, 5.74) is 6.93. The smallest absolute Gasteiger partial charge is 0.222 e. The van der Waals surface area contributed by atoms with Crippen LogP contribution in [0.2, 0.25) is 0 Å². The van der Waals surface area contributed by atoms with Gasteiger partial charge >= 0.3 is 0 Å². The van der Waals surface area contributed by atoms with Crippen LogP contribution < -0.4 is 5.73 Å². The van der Waals surface area contributed by atoms with E-state index in [2.05, 4.69) is 4.98 Å². The van der Waals surface area contributed by atoms with E-state index in [1.54, 1.807) is 6.20 Å². The second-order valence-electron chi connectivity index (χ2n) is 5.42. The average molecular weight is 334 g/mol. The maximum atomic E-state index is 12.2.